The average Bonchev–Trinajstić information content (AvgIpc) is 2.25. The van der Waals surface area contributed by atoms with Crippen LogP contribution in [0.3, 0.4) is 0 Å². The average molecular weight is 223 g/mol. The van der Waals surface area contributed by atoms with Crippen molar-refractivity contribution >= 4 is 5.97 Å². The van der Waals surface area contributed by atoms with Crippen molar-refractivity contribution in [3.8, 4) is 0 Å². The molecule has 0 bridgehead atoms. The summed E-state index contributed by atoms with van der Waals surface area (Å²) in [6.07, 6.45) is 0. The molecule has 16 heavy (non-hydrogen) atoms. The molecular weight excluding hydrogens is 209 g/mol. The van der Waals surface area contributed by atoms with E-state index in [-0.39, 0.29) is 19.7 Å². The number of hydrogen-bond acceptors (Lipinski definition) is 3. The molecule has 0 unspecified atom stereocenters. The summed E-state index contributed by atoms with van der Waals surface area (Å²) in [6.45, 7) is 0.385. The van der Waals surface area contributed by atoms with Crippen molar-refractivity contribution in [1.82, 2.24) is 4.90 Å². The molecule has 0 amide bonds. The Bertz CT molecular complexity index is 374. The normalized spacial score (nSPS) is 18.9. The minimum Gasteiger partial charge on any atom is -0.458 e. The number of benzene rings is 1. The van der Waals surface area contributed by atoms with Crippen molar-refractivity contribution < 1.29 is 13.9 Å². The van der Waals surface area contributed by atoms with Crippen molar-refractivity contribution in [1.29, 1.82) is 0 Å². The molecule has 0 atom stereocenters. The third-order valence-electron chi connectivity index (χ3n) is 2.62. The third-order valence-corrected chi connectivity index (χ3v) is 2.62. The summed E-state index contributed by atoms with van der Waals surface area (Å²) >= 11 is 0. The van der Waals surface area contributed by atoms with Crippen LogP contribution < -0.4 is 0 Å². The Balaban J connectivity index is 1.85. The molecule has 1 aliphatic rings. The number of hydrogen-bond donors (Lipinski definition) is 0. The van der Waals surface area contributed by atoms with E-state index in [9.17, 15) is 9.18 Å². The fourth-order valence-electron chi connectivity index (χ4n) is 1.79. The summed E-state index contributed by atoms with van der Waals surface area (Å²) in [6, 6.07) is 9.26. The molecule has 0 radical (unpaired) electrons. The highest BCUT2D eigenvalue weighted by Crippen LogP contribution is 2.25. The molecule has 0 spiro atoms. The number of likely N-dealkylation sites (tertiary alicyclic amines) is 1. The Morgan fingerprint density at radius 1 is 1.44 bits per heavy atom. The van der Waals surface area contributed by atoms with E-state index >= 15 is 0 Å². The summed E-state index contributed by atoms with van der Waals surface area (Å²) in [5.41, 5.74) is -0.934. The quantitative estimate of drug-likeness (QED) is 0.725. The molecule has 86 valence electrons. The molecule has 0 aromatic heterocycles. The van der Waals surface area contributed by atoms with Crippen LogP contribution in [0.1, 0.15) is 5.56 Å². The van der Waals surface area contributed by atoms with Crippen LogP contribution in [0.2, 0.25) is 0 Å². The monoisotopic (exact) mass is 223 g/mol. The molecule has 1 fully saturated rings. The fourth-order valence-corrected chi connectivity index (χ4v) is 1.79. The van der Waals surface area contributed by atoms with E-state index < -0.39 is 11.6 Å². The maximum atomic E-state index is 13.7. The number of rotatable bonds is 3. The molecule has 3 nitrogen and oxygen atoms in total. The van der Waals surface area contributed by atoms with Gasteiger partial charge < -0.3 is 4.74 Å². The Labute approximate surface area is 93.8 Å². The molecule has 1 heterocycles. The number of alkyl halides is 1. The van der Waals surface area contributed by atoms with Crippen LogP contribution in [-0.4, -0.2) is 36.7 Å². The first kappa shape index (κ1) is 11.1. The van der Waals surface area contributed by atoms with E-state index in [0.29, 0.717) is 0 Å². The topological polar surface area (TPSA) is 29.5 Å². The highest BCUT2D eigenvalue weighted by atomic mass is 19.1. The van der Waals surface area contributed by atoms with E-state index in [1.165, 1.54) is 0 Å². The predicted octanol–water partition coefficient (Wildman–Crippen LogP) is 1.38. The SMILES string of the molecule is CN1CC(F)(C(=O)OCc2ccccc2)C1. The molecule has 1 saturated heterocycles. The van der Waals surface area contributed by atoms with Crippen LogP contribution in [0.15, 0.2) is 30.3 Å². The zero-order valence-electron chi connectivity index (χ0n) is 9.15. The Morgan fingerprint density at radius 2 is 2.06 bits per heavy atom. The van der Waals surface area contributed by atoms with E-state index in [0.717, 1.165) is 5.56 Å². The fraction of sp³-hybridized carbons (Fsp3) is 0.417. The van der Waals surface area contributed by atoms with Crippen LogP contribution in [0, 0.1) is 0 Å². The zero-order chi connectivity index (χ0) is 11.6. The first-order valence-corrected chi connectivity index (χ1v) is 5.19. The van der Waals surface area contributed by atoms with E-state index in [1.54, 1.807) is 11.9 Å². The molecule has 1 aliphatic heterocycles. The van der Waals surface area contributed by atoms with Gasteiger partial charge in [0.1, 0.15) is 6.61 Å². The largest absolute Gasteiger partial charge is 0.458 e. The number of halogens is 1. The van der Waals surface area contributed by atoms with Crippen molar-refractivity contribution in [3.63, 3.8) is 0 Å². The first-order valence-electron chi connectivity index (χ1n) is 5.19. The molecular formula is C12H14FNO2. The van der Waals surface area contributed by atoms with Gasteiger partial charge in [0, 0.05) is 13.1 Å². The second-order valence-electron chi connectivity index (χ2n) is 4.20. The highest BCUT2D eigenvalue weighted by molar-refractivity contribution is 5.81. The minimum absolute atomic E-state index is 0.126. The lowest BCUT2D eigenvalue weighted by Gasteiger charge is -2.39. The highest BCUT2D eigenvalue weighted by Gasteiger charge is 2.49. The van der Waals surface area contributed by atoms with Gasteiger partial charge in [0.2, 0.25) is 5.67 Å². The summed E-state index contributed by atoms with van der Waals surface area (Å²) in [4.78, 5) is 13.2. The second kappa shape index (κ2) is 4.22. The van der Waals surface area contributed by atoms with Crippen molar-refractivity contribution in [2.75, 3.05) is 20.1 Å². The van der Waals surface area contributed by atoms with Gasteiger partial charge in [-0.1, -0.05) is 30.3 Å². The zero-order valence-corrected chi connectivity index (χ0v) is 9.15. The molecule has 0 aliphatic carbocycles. The van der Waals surface area contributed by atoms with Crippen LogP contribution in [-0.2, 0) is 16.1 Å². The van der Waals surface area contributed by atoms with Gasteiger partial charge in [-0.2, -0.15) is 0 Å². The van der Waals surface area contributed by atoms with Gasteiger partial charge in [-0.25, -0.2) is 9.18 Å². The molecule has 1 aromatic rings. The molecule has 2 rings (SSSR count). The number of nitrogens with zero attached hydrogens (tertiary/aromatic N) is 1. The Hall–Kier alpha value is -1.42. The Kier molecular flexibility index (Phi) is 2.92. The van der Waals surface area contributed by atoms with E-state index in [4.69, 9.17) is 4.74 Å². The molecule has 0 saturated carbocycles. The maximum Gasteiger partial charge on any atom is 0.346 e. The minimum atomic E-state index is -1.80. The van der Waals surface area contributed by atoms with Gasteiger partial charge >= 0.3 is 5.97 Å². The van der Waals surface area contributed by atoms with Crippen LogP contribution >= 0.6 is 0 Å². The summed E-state index contributed by atoms with van der Waals surface area (Å²) in [5, 5.41) is 0. The van der Waals surface area contributed by atoms with Gasteiger partial charge in [-0.3, -0.25) is 4.90 Å². The van der Waals surface area contributed by atoms with Gasteiger partial charge in [-0.05, 0) is 12.6 Å². The van der Waals surface area contributed by atoms with Crippen LogP contribution in [0.5, 0.6) is 0 Å². The lowest BCUT2D eigenvalue weighted by atomic mass is 9.98. The van der Waals surface area contributed by atoms with Crippen LogP contribution in [0.25, 0.3) is 0 Å². The molecule has 1 aromatic carbocycles. The summed E-state index contributed by atoms with van der Waals surface area (Å²) in [5.74, 6) is -0.755. The summed E-state index contributed by atoms with van der Waals surface area (Å²) < 4.78 is 18.7. The summed E-state index contributed by atoms with van der Waals surface area (Å²) in [7, 11) is 1.77. The van der Waals surface area contributed by atoms with Gasteiger partial charge in [0.15, 0.2) is 0 Å². The first-order chi connectivity index (χ1) is 7.60. The number of carbonyl (C=O) groups excluding carboxylic acids is 1. The Morgan fingerprint density at radius 3 is 2.62 bits per heavy atom. The maximum absolute atomic E-state index is 13.7. The lowest BCUT2D eigenvalue weighted by Crippen LogP contribution is -2.62. The van der Waals surface area contributed by atoms with Gasteiger partial charge in [0.25, 0.3) is 0 Å². The van der Waals surface area contributed by atoms with Gasteiger partial charge in [-0.15, -0.1) is 0 Å². The van der Waals surface area contributed by atoms with Crippen LogP contribution in [0.4, 0.5) is 4.39 Å². The van der Waals surface area contributed by atoms with Crippen molar-refractivity contribution in [2.24, 2.45) is 0 Å². The molecule has 0 N–H and O–H groups in total. The number of carbonyl (C=O) groups is 1. The van der Waals surface area contributed by atoms with E-state index in [1.807, 2.05) is 30.3 Å². The smallest absolute Gasteiger partial charge is 0.346 e. The van der Waals surface area contributed by atoms with E-state index in [2.05, 4.69) is 0 Å². The number of esters is 1. The standard InChI is InChI=1S/C12H14FNO2/c1-14-8-12(13,9-14)11(15)16-7-10-5-3-2-4-6-10/h2-6H,7-9H2,1H3. The van der Waals surface area contributed by atoms with Gasteiger partial charge in [0.05, 0.1) is 0 Å². The lowest BCUT2D eigenvalue weighted by molar-refractivity contribution is -0.170. The molecule has 4 heteroatoms. The second-order valence-corrected chi connectivity index (χ2v) is 4.20. The van der Waals surface area contributed by atoms with Crippen molar-refractivity contribution in [3.05, 3.63) is 35.9 Å². The predicted molar refractivity (Wildman–Crippen MR) is 57.6 cm³/mol. The number of ether oxygens (including phenoxy) is 1. The third kappa shape index (κ3) is 2.22. The van der Waals surface area contributed by atoms with Crippen molar-refractivity contribution in [2.45, 2.75) is 12.3 Å².